The van der Waals surface area contributed by atoms with E-state index in [1.165, 1.54) is 10.8 Å². The van der Waals surface area contributed by atoms with Crippen LogP contribution in [-0.2, 0) is 20.9 Å². The van der Waals surface area contributed by atoms with Crippen LogP contribution in [0.5, 0.6) is 0 Å². The molecule has 0 atom stereocenters. The average molecular weight is 456 g/mol. The second-order valence-electron chi connectivity index (χ2n) is 5.18. The van der Waals surface area contributed by atoms with Crippen LogP contribution in [0.1, 0.15) is 0 Å². The Morgan fingerprint density at radius 2 is 1.93 bits per heavy atom. The predicted molar refractivity (Wildman–Crippen MR) is 86.9 cm³/mol. The maximum absolute atomic E-state index is 12.2. The van der Waals surface area contributed by atoms with Gasteiger partial charge >= 0.3 is 17.8 Å². The third kappa shape index (κ3) is 5.50. The minimum absolute atomic E-state index is 0.0516. The fraction of sp³-hybridized carbons (Fsp3) is 0.462. The molecule has 3 rings (SSSR count). The zero-order chi connectivity index (χ0) is 20.2. The number of alkyl halides is 3. The van der Waals surface area contributed by atoms with Gasteiger partial charge in [0.2, 0.25) is 5.91 Å². The number of aromatic amines is 1. The Kier molecular flexibility index (Phi) is 6.54. The number of nitrogens with one attached hydrogen (secondary N) is 1. The largest absolute Gasteiger partial charge is 0.490 e. The Labute approximate surface area is 157 Å². The SMILES string of the molecule is O=C(Cn1c(=O)[nH]c2ncc(Br)nc21)N1CCOCC1.O=C(O)C(F)(F)F. The first kappa shape index (κ1) is 20.8. The molecule has 0 aliphatic carbocycles. The van der Waals surface area contributed by atoms with Crippen molar-refractivity contribution in [1.82, 2.24) is 24.4 Å². The zero-order valence-electron chi connectivity index (χ0n) is 13.5. The molecule has 0 bridgehead atoms. The van der Waals surface area contributed by atoms with Crippen LogP contribution in [0.4, 0.5) is 13.2 Å². The number of carboxylic acid groups (broad SMARTS) is 1. The summed E-state index contributed by atoms with van der Waals surface area (Å²) in [4.78, 5) is 45.5. The van der Waals surface area contributed by atoms with Gasteiger partial charge in [-0.25, -0.2) is 19.6 Å². The van der Waals surface area contributed by atoms with Crippen LogP contribution in [0.3, 0.4) is 0 Å². The number of carbonyl (C=O) groups excluding carboxylic acids is 1. The molecule has 1 aliphatic rings. The van der Waals surface area contributed by atoms with Gasteiger partial charge in [-0.15, -0.1) is 0 Å². The number of halogens is 4. The Bertz CT molecular complexity index is 891. The van der Waals surface area contributed by atoms with E-state index in [9.17, 15) is 22.8 Å². The summed E-state index contributed by atoms with van der Waals surface area (Å²) < 4.78 is 38.7. The predicted octanol–water partition coefficient (Wildman–Crippen LogP) is 0.374. The smallest absolute Gasteiger partial charge is 0.475 e. The fourth-order valence-corrected chi connectivity index (χ4v) is 2.36. The molecule has 2 aromatic rings. The molecule has 10 nitrogen and oxygen atoms in total. The quantitative estimate of drug-likeness (QED) is 0.668. The summed E-state index contributed by atoms with van der Waals surface area (Å²) in [6, 6.07) is 0. The Morgan fingerprint density at radius 3 is 2.48 bits per heavy atom. The van der Waals surface area contributed by atoms with Crippen molar-refractivity contribution in [3.05, 3.63) is 21.3 Å². The van der Waals surface area contributed by atoms with E-state index in [0.29, 0.717) is 42.2 Å². The minimum Gasteiger partial charge on any atom is -0.475 e. The van der Waals surface area contributed by atoms with Gasteiger partial charge in [0.15, 0.2) is 11.3 Å². The molecule has 2 N–H and O–H groups in total. The molecule has 1 saturated heterocycles. The van der Waals surface area contributed by atoms with Crippen molar-refractivity contribution in [2.45, 2.75) is 12.7 Å². The number of aromatic nitrogens is 4. The van der Waals surface area contributed by atoms with E-state index in [0.717, 1.165) is 0 Å². The molecule has 27 heavy (non-hydrogen) atoms. The molecule has 0 saturated carbocycles. The third-order valence-corrected chi connectivity index (χ3v) is 3.73. The van der Waals surface area contributed by atoms with Crippen LogP contribution < -0.4 is 5.69 Å². The second-order valence-corrected chi connectivity index (χ2v) is 5.99. The lowest BCUT2D eigenvalue weighted by molar-refractivity contribution is -0.192. The van der Waals surface area contributed by atoms with E-state index in [-0.39, 0.29) is 18.1 Å². The Hall–Kier alpha value is -2.48. The van der Waals surface area contributed by atoms with E-state index >= 15 is 0 Å². The molecule has 1 aliphatic heterocycles. The summed E-state index contributed by atoms with van der Waals surface area (Å²) >= 11 is 3.20. The van der Waals surface area contributed by atoms with Gasteiger partial charge in [0.1, 0.15) is 11.1 Å². The van der Waals surface area contributed by atoms with E-state index in [2.05, 4.69) is 30.9 Å². The number of ether oxygens (including phenoxy) is 1. The molecular weight excluding hydrogens is 443 g/mol. The molecule has 3 heterocycles. The molecule has 1 amide bonds. The summed E-state index contributed by atoms with van der Waals surface area (Å²) in [5, 5.41) is 7.12. The van der Waals surface area contributed by atoms with Gasteiger partial charge in [0, 0.05) is 13.1 Å². The number of morpholine rings is 1. The highest BCUT2D eigenvalue weighted by Crippen LogP contribution is 2.13. The van der Waals surface area contributed by atoms with Gasteiger partial charge < -0.3 is 14.7 Å². The molecule has 0 spiro atoms. The lowest BCUT2D eigenvalue weighted by Crippen LogP contribution is -2.43. The number of fused-ring (bicyclic) bond motifs is 1. The Balaban J connectivity index is 0.000000321. The van der Waals surface area contributed by atoms with Crippen LogP contribution in [0.2, 0.25) is 0 Å². The van der Waals surface area contributed by atoms with Gasteiger partial charge in [-0.05, 0) is 15.9 Å². The summed E-state index contributed by atoms with van der Waals surface area (Å²) in [5.41, 5.74) is 0.346. The lowest BCUT2D eigenvalue weighted by Gasteiger charge is -2.26. The highest BCUT2D eigenvalue weighted by atomic mass is 79.9. The number of carbonyl (C=O) groups is 2. The van der Waals surface area contributed by atoms with Crippen LogP contribution >= 0.6 is 15.9 Å². The van der Waals surface area contributed by atoms with Crippen LogP contribution in [0.15, 0.2) is 15.6 Å². The highest BCUT2D eigenvalue weighted by molar-refractivity contribution is 9.10. The van der Waals surface area contributed by atoms with E-state index in [1.54, 1.807) is 4.90 Å². The topological polar surface area (TPSA) is 130 Å². The first-order valence-corrected chi connectivity index (χ1v) is 8.15. The van der Waals surface area contributed by atoms with Gasteiger partial charge in [-0.2, -0.15) is 13.2 Å². The monoisotopic (exact) mass is 455 g/mol. The number of hydrogen-bond acceptors (Lipinski definition) is 6. The van der Waals surface area contributed by atoms with Crippen molar-refractivity contribution in [2.24, 2.45) is 0 Å². The average Bonchev–Trinajstić information content (AvgIpc) is 2.90. The highest BCUT2D eigenvalue weighted by Gasteiger charge is 2.38. The molecule has 0 unspecified atom stereocenters. The molecule has 0 radical (unpaired) electrons. The number of hydrogen-bond donors (Lipinski definition) is 2. The summed E-state index contributed by atoms with van der Waals surface area (Å²) in [6.45, 7) is 2.10. The van der Waals surface area contributed by atoms with Crippen LogP contribution in [0, 0.1) is 0 Å². The van der Waals surface area contributed by atoms with E-state index in [4.69, 9.17) is 14.6 Å². The third-order valence-electron chi connectivity index (χ3n) is 3.35. The summed E-state index contributed by atoms with van der Waals surface area (Å²) in [6.07, 6.45) is -3.59. The van der Waals surface area contributed by atoms with Crippen molar-refractivity contribution in [3.8, 4) is 0 Å². The number of rotatable bonds is 2. The number of H-pyrrole nitrogens is 1. The second kappa shape index (κ2) is 8.47. The first-order chi connectivity index (χ1) is 12.6. The Morgan fingerprint density at radius 1 is 1.33 bits per heavy atom. The number of amides is 1. The summed E-state index contributed by atoms with van der Waals surface area (Å²) in [7, 11) is 0. The van der Waals surface area contributed by atoms with E-state index < -0.39 is 12.1 Å². The molecule has 14 heteroatoms. The van der Waals surface area contributed by atoms with Crippen molar-refractivity contribution < 1.29 is 32.6 Å². The van der Waals surface area contributed by atoms with Crippen molar-refractivity contribution in [3.63, 3.8) is 0 Å². The molecule has 2 aromatic heterocycles. The number of aliphatic carboxylic acids is 1. The maximum atomic E-state index is 12.2. The van der Waals surface area contributed by atoms with Gasteiger partial charge in [-0.1, -0.05) is 0 Å². The van der Waals surface area contributed by atoms with Gasteiger partial charge in [-0.3, -0.25) is 14.3 Å². The fourth-order valence-electron chi connectivity index (χ4n) is 2.09. The zero-order valence-corrected chi connectivity index (χ0v) is 15.1. The first-order valence-electron chi connectivity index (χ1n) is 7.36. The van der Waals surface area contributed by atoms with E-state index in [1.807, 2.05) is 0 Å². The van der Waals surface area contributed by atoms with Crippen LogP contribution in [0.25, 0.3) is 11.3 Å². The standard InChI is InChI=1S/C11H12BrN5O3.C2HF3O2/c12-7-5-13-9-10(14-7)17(11(19)15-9)6-8(18)16-1-3-20-4-2-16;3-2(4,5)1(6)7/h5H,1-4,6H2,(H,13,15,19);(H,6,7). The van der Waals surface area contributed by atoms with Crippen molar-refractivity contribution in [1.29, 1.82) is 0 Å². The normalized spacial score (nSPS) is 14.6. The lowest BCUT2D eigenvalue weighted by atomic mass is 10.4. The minimum atomic E-state index is -5.08. The van der Waals surface area contributed by atoms with Crippen molar-refractivity contribution >= 4 is 39.1 Å². The molecule has 1 fully saturated rings. The van der Waals surface area contributed by atoms with Crippen molar-refractivity contribution in [2.75, 3.05) is 26.3 Å². The molecule has 0 aromatic carbocycles. The number of nitrogens with zero attached hydrogens (tertiary/aromatic N) is 4. The number of carboxylic acids is 1. The number of imidazole rings is 1. The molecular formula is C13H13BrF3N5O5. The van der Waals surface area contributed by atoms with Crippen LogP contribution in [-0.4, -0.2) is 73.9 Å². The molecule has 148 valence electrons. The van der Waals surface area contributed by atoms with Gasteiger partial charge in [0.05, 0.1) is 19.4 Å². The van der Waals surface area contributed by atoms with Gasteiger partial charge in [0.25, 0.3) is 0 Å². The summed E-state index contributed by atoms with van der Waals surface area (Å²) in [5.74, 6) is -2.88. The maximum Gasteiger partial charge on any atom is 0.490 e.